The van der Waals surface area contributed by atoms with E-state index in [1.165, 1.54) is 78.7 Å². The molecule has 2 aliphatic rings. The number of aryl methyl sites for hydroxylation is 2. The first-order valence-electron chi connectivity index (χ1n) is 10.2. The highest BCUT2D eigenvalue weighted by Gasteiger charge is 2.24. The first-order valence-corrected chi connectivity index (χ1v) is 11.9. The zero-order chi connectivity index (χ0) is 18.1. The molecule has 1 saturated heterocycles. The van der Waals surface area contributed by atoms with Gasteiger partial charge in [0, 0.05) is 16.3 Å². The fourth-order valence-electron chi connectivity index (χ4n) is 4.54. The van der Waals surface area contributed by atoms with E-state index >= 15 is 0 Å². The number of aromatic nitrogens is 2. The Balaban J connectivity index is 1.43. The van der Waals surface area contributed by atoms with Gasteiger partial charge >= 0.3 is 0 Å². The molecule has 142 valence electrons. The first-order chi connectivity index (χ1) is 13.4. The van der Waals surface area contributed by atoms with Gasteiger partial charge in [0.05, 0.1) is 11.4 Å². The first kappa shape index (κ1) is 17.6. The third kappa shape index (κ3) is 3.50. The summed E-state index contributed by atoms with van der Waals surface area (Å²) in [6, 6.07) is 4.90. The van der Waals surface area contributed by atoms with Crippen LogP contribution in [0.15, 0.2) is 23.8 Å². The standard InChI is InChI=1S/C21H26N4S2/c1-4-10-25(11-5-1)16(18-9-6-12-26-18)13-22-20-19-15-7-2-3-8-17(15)27-21(19)24-14-23-20/h6,9,12,14,16H,1-5,7-8,10-11,13H2,(H,22,23,24). The van der Waals surface area contributed by atoms with Crippen molar-refractivity contribution >= 4 is 38.7 Å². The molecule has 1 fully saturated rings. The lowest BCUT2D eigenvalue weighted by Gasteiger charge is -2.34. The summed E-state index contributed by atoms with van der Waals surface area (Å²) < 4.78 is 0. The van der Waals surface area contributed by atoms with Crippen LogP contribution in [-0.4, -0.2) is 34.5 Å². The van der Waals surface area contributed by atoms with E-state index in [2.05, 4.69) is 37.7 Å². The third-order valence-corrected chi connectivity index (χ3v) is 8.09. The summed E-state index contributed by atoms with van der Waals surface area (Å²) in [5.74, 6) is 1.04. The molecule has 0 radical (unpaired) electrons. The number of anilines is 1. The molecule has 0 saturated carbocycles. The average Bonchev–Trinajstić information content (AvgIpc) is 3.37. The molecule has 3 aromatic rings. The normalized spacial score (nSPS) is 19.1. The maximum Gasteiger partial charge on any atom is 0.138 e. The van der Waals surface area contributed by atoms with Gasteiger partial charge in [-0.2, -0.15) is 0 Å². The summed E-state index contributed by atoms with van der Waals surface area (Å²) in [6.07, 6.45) is 10.7. The summed E-state index contributed by atoms with van der Waals surface area (Å²) in [6.45, 7) is 3.33. The van der Waals surface area contributed by atoms with E-state index in [0.717, 1.165) is 17.2 Å². The highest BCUT2D eigenvalue weighted by Crippen LogP contribution is 2.38. The van der Waals surface area contributed by atoms with Gasteiger partial charge < -0.3 is 5.32 Å². The summed E-state index contributed by atoms with van der Waals surface area (Å²) in [5, 5.41) is 7.22. The van der Waals surface area contributed by atoms with E-state index in [4.69, 9.17) is 0 Å². The summed E-state index contributed by atoms with van der Waals surface area (Å²) >= 11 is 3.75. The molecule has 0 bridgehead atoms. The maximum absolute atomic E-state index is 4.65. The Morgan fingerprint density at radius 3 is 2.81 bits per heavy atom. The minimum absolute atomic E-state index is 0.435. The number of thiophene rings is 2. The lowest BCUT2D eigenvalue weighted by Crippen LogP contribution is -2.36. The fraction of sp³-hybridized carbons (Fsp3) is 0.524. The number of likely N-dealkylation sites (tertiary alicyclic amines) is 1. The second-order valence-electron chi connectivity index (χ2n) is 7.62. The molecule has 0 amide bonds. The second kappa shape index (κ2) is 7.86. The van der Waals surface area contributed by atoms with Gasteiger partial charge in [0.2, 0.25) is 0 Å². The molecule has 1 aliphatic heterocycles. The smallest absolute Gasteiger partial charge is 0.138 e. The number of nitrogens with zero attached hydrogens (tertiary/aromatic N) is 3. The van der Waals surface area contributed by atoms with Crippen molar-refractivity contribution in [1.29, 1.82) is 0 Å². The Morgan fingerprint density at radius 1 is 1.07 bits per heavy atom. The van der Waals surface area contributed by atoms with E-state index in [0.29, 0.717) is 6.04 Å². The third-order valence-electron chi connectivity index (χ3n) is 5.92. The van der Waals surface area contributed by atoms with Gasteiger partial charge in [-0.15, -0.1) is 22.7 Å². The van der Waals surface area contributed by atoms with E-state index < -0.39 is 0 Å². The van der Waals surface area contributed by atoms with Crippen LogP contribution in [0.2, 0.25) is 0 Å². The highest BCUT2D eigenvalue weighted by atomic mass is 32.1. The quantitative estimate of drug-likeness (QED) is 0.635. The lowest BCUT2D eigenvalue weighted by molar-refractivity contribution is 0.172. The van der Waals surface area contributed by atoms with E-state index in [9.17, 15) is 0 Å². The number of fused-ring (bicyclic) bond motifs is 3. The van der Waals surface area contributed by atoms with Crippen molar-refractivity contribution in [1.82, 2.24) is 14.9 Å². The monoisotopic (exact) mass is 398 g/mol. The molecule has 1 atom stereocenters. The molecule has 27 heavy (non-hydrogen) atoms. The van der Waals surface area contributed by atoms with Crippen LogP contribution in [0.3, 0.4) is 0 Å². The van der Waals surface area contributed by atoms with Gasteiger partial charge in [0.25, 0.3) is 0 Å². The summed E-state index contributed by atoms with van der Waals surface area (Å²) in [7, 11) is 0. The Bertz CT molecular complexity index is 896. The van der Waals surface area contributed by atoms with Crippen molar-refractivity contribution < 1.29 is 0 Å². The van der Waals surface area contributed by atoms with Crippen LogP contribution >= 0.6 is 22.7 Å². The van der Waals surface area contributed by atoms with Gasteiger partial charge in [0.1, 0.15) is 17.0 Å². The molecule has 0 aromatic carbocycles. The molecule has 1 N–H and O–H groups in total. The predicted octanol–water partition coefficient (Wildman–Crippen LogP) is 5.27. The number of nitrogens with one attached hydrogen (secondary N) is 1. The van der Waals surface area contributed by atoms with Crippen molar-refractivity contribution in [2.45, 2.75) is 51.0 Å². The van der Waals surface area contributed by atoms with Gasteiger partial charge in [-0.05, 0) is 68.6 Å². The van der Waals surface area contributed by atoms with Gasteiger partial charge in [-0.1, -0.05) is 12.5 Å². The molecule has 6 heteroatoms. The van der Waals surface area contributed by atoms with Gasteiger partial charge in [-0.25, -0.2) is 9.97 Å². The van der Waals surface area contributed by atoms with Crippen LogP contribution in [0, 0.1) is 0 Å². The largest absolute Gasteiger partial charge is 0.367 e. The molecule has 1 unspecified atom stereocenters. The minimum atomic E-state index is 0.435. The second-order valence-corrected chi connectivity index (χ2v) is 9.68. The van der Waals surface area contributed by atoms with E-state index in [-0.39, 0.29) is 0 Å². The van der Waals surface area contributed by atoms with Crippen LogP contribution in [0.4, 0.5) is 5.82 Å². The van der Waals surface area contributed by atoms with Gasteiger partial charge in [0.15, 0.2) is 0 Å². The SMILES string of the molecule is c1csc(C(CNc2ncnc3sc4c(c23)CCCC4)N2CCCCC2)c1. The Hall–Kier alpha value is -1.50. The van der Waals surface area contributed by atoms with Crippen molar-refractivity contribution in [2.24, 2.45) is 0 Å². The van der Waals surface area contributed by atoms with E-state index in [1.807, 2.05) is 22.7 Å². The number of piperidine rings is 1. The zero-order valence-corrected chi connectivity index (χ0v) is 17.2. The Morgan fingerprint density at radius 2 is 1.96 bits per heavy atom. The Labute approximate surface area is 168 Å². The predicted molar refractivity (Wildman–Crippen MR) is 115 cm³/mol. The molecule has 3 aromatic heterocycles. The zero-order valence-electron chi connectivity index (χ0n) is 15.6. The number of rotatable bonds is 5. The number of hydrogen-bond donors (Lipinski definition) is 1. The van der Waals surface area contributed by atoms with Crippen LogP contribution in [0.5, 0.6) is 0 Å². The molecule has 5 rings (SSSR count). The fourth-order valence-corrected chi connectivity index (χ4v) is 6.63. The van der Waals surface area contributed by atoms with Gasteiger partial charge in [-0.3, -0.25) is 4.90 Å². The van der Waals surface area contributed by atoms with Crippen molar-refractivity contribution in [3.05, 3.63) is 39.2 Å². The summed E-state index contributed by atoms with van der Waals surface area (Å²) in [5.41, 5.74) is 1.51. The van der Waals surface area contributed by atoms with Crippen molar-refractivity contribution in [3.8, 4) is 0 Å². The molecule has 4 heterocycles. The van der Waals surface area contributed by atoms with Crippen molar-refractivity contribution in [3.63, 3.8) is 0 Å². The average molecular weight is 399 g/mol. The van der Waals surface area contributed by atoms with Crippen molar-refractivity contribution in [2.75, 3.05) is 25.0 Å². The highest BCUT2D eigenvalue weighted by molar-refractivity contribution is 7.19. The molecule has 4 nitrogen and oxygen atoms in total. The minimum Gasteiger partial charge on any atom is -0.367 e. The molecule has 1 aliphatic carbocycles. The number of hydrogen-bond acceptors (Lipinski definition) is 6. The summed E-state index contributed by atoms with van der Waals surface area (Å²) in [4.78, 5) is 16.0. The topological polar surface area (TPSA) is 41.1 Å². The molecular weight excluding hydrogens is 372 g/mol. The Kier molecular flexibility index (Phi) is 5.12. The molecule has 0 spiro atoms. The lowest BCUT2D eigenvalue weighted by atomic mass is 9.97. The maximum atomic E-state index is 4.65. The van der Waals surface area contributed by atoms with Crippen LogP contribution < -0.4 is 5.32 Å². The van der Waals surface area contributed by atoms with Crippen LogP contribution in [0.1, 0.15) is 53.5 Å². The van der Waals surface area contributed by atoms with Crippen LogP contribution in [0.25, 0.3) is 10.2 Å². The van der Waals surface area contributed by atoms with Crippen LogP contribution in [-0.2, 0) is 12.8 Å². The van der Waals surface area contributed by atoms with E-state index in [1.54, 1.807) is 6.33 Å². The molecular formula is C21H26N4S2.